The summed E-state index contributed by atoms with van der Waals surface area (Å²) in [6.45, 7) is 0.234. The molecule has 3 atom stereocenters. The number of alkyl halides is 3. The first-order valence-corrected chi connectivity index (χ1v) is 11.2. The second-order valence-electron chi connectivity index (χ2n) is 8.61. The molecule has 4 rings (SSSR count). The van der Waals surface area contributed by atoms with Crippen LogP contribution in [-0.2, 0) is 16.1 Å². The topological polar surface area (TPSA) is 118 Å². The summed E-state index contributed by atoms with van der Waals surface area (Å²) >= 11 is 0. The van der Waals surface area contributed by atoms with Gasteiger partial charge in [0.1, 0.15) is 0 Å². The van der Waals surface area contributed by atoms with Crippen LogP contribution in [0.3, 0.4) is 0 Å². The largest absolute Gasteiger partial charge is 0.522 e. The molecule has 1 aliphatic carbocycles. The minimum atomic E-state index is -4.83. The van der Waals surface area contributed by atoms with Crippen LogP contribution in [0.25, 0.3) is 5.65 Å². The van der Waals surface area contributed by atoms with Gasteiger partial charge in [-0.05, 0) is 37.8 Å². The first-order valence-electron chi connectivity index (χ1n) is 11.2. The van der Waals surface area contributed by atoms with Crippen molar-refractivity contribution < 1.29 is 32.6 Å². The van der Waals surface area contributed by atoms with Crippen molar-refractivity contribution >= 4 is 17.5 Å². The van der Waals surface area contributed by atoms with E-state index < -0.39 is 30.0 Å². The van der Waals surface area contributed by atoms with Crippen LogP contribution in [0, 0.1) is 5.92 Å². The maximum absolute atomic E-state index is 13.1. The van der Waals surface area contributed by atoms with Gasteiger partial charge in [0.05, 0.1) is 24.8 Å². The number of nitrogens with one attached hydrogen (secondary N) is 1. The van der Waals surface area contributed by atoms with Crippen LogP contribution in [0.15, 0.2) is 23.1 Å². The standard InChI is InChI=1S/C21H26F3N5O5/c22-21(23,24)34-16-10-15(27-7-1-2-18(27)31)5-3-13(16)11-25-19(32)14-4-6-17-26-29(8-9-30)20(33)28(17)12-14/h4,6,12-13,15-16,30H,1-3,5,7-11H2,(H,25,32). The van der Waals surface area contributed by atoms with Crippen LogP contribution in [0.2, 0.25) is 0 Å². The number of pyridine rings is 1. The highest BCUT2D eigenvalue weighted by atomic mass is 19.4. The van der Waals surface area contributed by atoms with Crippen molar-refractivity contribution in [2.24, 2.45) is 5.92 Å². The van der Waals surface area contributed by atoms with E-state index in [4.69, 9.17) is 5.11 Å². The van der Waals surface area contributed by atoms with Crippen molar-refractivity contribution in [1.29, 1.82) is 0 Å². The zero-order valence-electron chi connectivity index (χ0n) is 18.3. The van der Waals surface area contributed by atoms with Crippen molar-refractivity contribution in [2.75, 3.05) is 19.7 Å². The highest BCUT2D eigenvalue weighted by molar-refractivity contribution is 5.94. The van der Waals surface area contributed by atoms with Gasteiger partial charge in [-0.25, -0.2) is 13.9 Å². The number of aliphatic hydroxyl groups excluding tert-OH is 1. The van der Waals surface area contributed by atoms with Crippen LogP contribution >= 0.6 is 0 Å². The second-order valence-corrected chi connectivity index (χ2v) is 8.61. The van der Waals surface area contributed by atoms with Gasteiger partial charge in [0, 0.05) is 37.7 Å². The first-order chi connectivity index (χ1) is 16.2. The lowest BCUT2D eigenvalue weighted by molar-refractivity contribution is -0.351. The van der Waals surface area contributed by atoms with Crippen molar-refractivity contribution in [2.45, 2.75) is 57.2 Å². The zero-order valence-corrected chi connectivity index (χ0v) is 18.3. The zero-order chi connectivity index (χ0) is 24.5. The van der Waals surface area contributed by atoms with E-state index in [1.807, 2.05) is 0 Å². The molecule has 3 heterocycles. The third kappa shape index (κ3) is 5.25. The van der Waals surface area contributed by atoms with Crippen molar-refractivity contribution in [3.8, 4) is 0 Å². The van der Waals surface area contributed by atoms with E-state index in [0.717, 1.165) is 4.68 Å². The van der Waals surface area contributed by atoms with Crippen LogP contribution in [0.1, 0.15) is 42.5 Å². The Kier molecular flexibility index (Phi) is 6.94. The third-order valence-electron chi connectivity index (χ3n) is 6.41. The van der Waals surface area contributed by atoms with E-state index in [1.165, 1.54) is 22.7 Å². The summed E-state index contributed by atoms with van der Waals surface area (Å²) in [7, 11) is 0. The Bertz CT molecular complexity index is 1110. The SMILES string of the molecule is O=C(NCC1CCC(N2CCCC2=O)CC1OC(F)(F)F)c1ccc2nn(CCO)c(=O)n2c1. The van der Waals surface area contributed by atoms with E-state index >= 15 is 0 Å². The van der Waals surface area contributed by atoms with Crippen molar-refractivity contribution in [3.63, 3.8) is 0 Å². The summed E-state index contributed by atoms with van der Waals surface area (Å²) in [4.78, 5) is 38.7. The monoisotopic (exact) mass is 485 g/mol. The molecule has 1 saturated carbocycles. The summed E-state index contributed by atoms with van der Waals surface area (Å²) in [6.07, 6.45) is -2.65. The number of halogens is 3. The fourth-order valence-electron chi connectivity index (χ4n) is 4.78. The Balaban J connectivity index is 1.43. The van der Waals surface area contributed by atoms with E-state index in [1.54, 1.807) is 4.90 Å². The number of hydrogen-bond acceptors (Lipinski definition) is 6. The van der Waals surface area contributed by atoms with Crippen LogP contribution < -0.4 is 11.0 Å². The molecule has 0 aromatic carbocycles. The molecule has 2 amide bonds. The molecule has 3 unspecified atom stereocenters. The third-order valence-corrected chi connectivity index (χ3v) is 6.41. The Morgan fingerprint density at radius 2 is 2.06 bits per heavy atom. The molecule has 2 aromatic rings. The number of ether oxygens (including phenoxy) is 1. The van der Waals surface area contributed by atoms with E-state index in [-0.39, 0.29) is 43.6 Å². The molecule has 0 bridgehead atoms. The fraction of sp³-hybridized carbons (Fsp3) is 0.619. The quantitative estimate of drug-likeness (QED) is 0.602. The van der Waals surface area contributed by atoms with Gasteiger partial charge >= 0.3 is 12.1 Å². The lowest BCUT2D eigenvalue weighted by atomic mass is 9.82. The molecule has 1 aliphatic heterocycles. The molecule has 10 nitrogen and oxygen atoms in total. The van der Waals surface area contributed by atoms with Crippen LogP contribution in [0.5, 0.6) is 0 Å². The average molecular weight is 485 g/mol. The fourth-order valence-corrected chi connectivity index (χ4v) is 4.78. The minimum Gasteiger partial charge on any atom is -0.394 e. The number of likely N-dealkylation sites (tertiary alicyclic amines) is 1. The number of amides is 2. The lowest BCUT2D eigenvalue weighted by Crippen LogP contribution is -2.48. The van der Waals surface area contributed by atoms with Gasteiger partial charge in [0.2, 0.25) is 5.91 Å². The molecule has 2 aliphatic rings. The first kappa shape index (κ1) is 24.2. The van der Waals surface area contributed by atoms with Gasteiger partial charge in [-0.2, -0.15) is 0 Å². The van der Waals surface area contributed by atoms with E-state index in [2.05, 4.69) is 15.2 Å². The maximum atomic E-state index is 13.1. The van der Waals surface area contributed by atoms with Gasteiger partial charge in [-0.15, -0.1) is 18.3 Å². The number of hydrogen-bond donors (Lipinski definition) is 2. The molecule has 13 heteroatoms. The summed E-state index contributed by atoms with van der Waals surface area (Å²) in [5.41, 5.74) is -0.0849. The molecular formula is C21H26F3N5O5. The second kappa shape index (κ2) is 9.74. The maximum Gasteiger partial charge on any atom is 0.522 e. The number of aromatic nitrogens is 3. The molecule has 2 N–H and O–H groups in total. The molecule has 186 valence electrons. The minimum absolute atomic E-state index is 0.00827. The number of fused-ring (bicyclic) bond motifs is 1. The predicted octanol–water partition coefficient (Wildman–Crippen LogP) is 0.914. The van der Waals surface area contributed by atoms with E-state index in [9.17, 15) is 27.6 Å². The molecule has 34 heavy (non-hydrogen) atoms. The summed E-state index contributed by atoms with van der Waals surface area (Å²) in [6, 6.07) is 2.62. The Hall–Kier alpha value is -2.93. The molecule has 2 aromatic heterocycles. The Labute approximate surface area is 192 Å². The molecule has 1 saturated heterocycles. The molecule has 0 radical (unpaired) electrons. The normalized spacial score (nSPS) is 23.6. The van der Waals surface area contributed by atoms with Gasteiger partial charge < -0.3 is 15.3 Å². The lowest BCUT2D eigenvalue weighted by Gasteiger charge is -2.40. The number of carbonyl (C=O) groups excluding carboxylic acids is 2. The summed E-state index contributed by atoms with van der Waals surface area (Å²) < 4.78 is 45.8. The summed E-state index contributed by atoms with van der Waals surface area (Å²) in [5.74, 6) is -1.18. The number of rotatable bonds is 7. The number of carbonyl (C=O) groups is 2. The number of nitrogens with zero attached hydrogens (tertiary/aromatic N) is 4. The molecule has 2 fully saturated rings. The summed E-state index contributed by atoms with van der Waals surface area (Å²) in [5, 5.41) is 15.7. The van der Waals surface area contributed by atoms with Crippen molar-refractivity contribution in [3.05, 3.63) is 34.4 Å². The molecular weight excluding hydrogens is 459 g/mol. The van der Waals surface area contributed by atoms with Gasteiger partial charge in [-0.3, -0.25) is 14.3 Å². The van der Waals surface area contributed by atoms with Crippen LogP contribution in [-0.4, -0.2) is 74.2 Å². The predicted molar refractivity (Wildman–Crippen MR) is 112 cm³/mol. The van der Waals surface area contributed by atoms with Gasteiger partial charge in [0.25, 0.3) is 5.91 Å². The smallest absolute Gasteiger partial charge is 0.394 e. The van der Waals surface area contributed by atoms with Crippen molar-refractivity contribution in [1.82, 2.24) is 24.4 Å². The van der Waals surface area contributed by atoms with Crippen LogP contribution in [0.4, 0.5) is 13.2 Å². The highest BCUT2D eigenvalue weighted by Gasteiger charge is 2.42. The van der Waals surface area contributed by atoms with Gasteiger partial charge in [0.15, 0.2) is 5.65 Å². The average Bonchev–Trinajstić information content (AvgIpc) is 3.34. The number of aliphatic hydroxyl groups is 1. The molecule has 0 spiro atoms. The van der Waals surface area contributed by atoms with Gasteiger partial charge in [-0.1, -0.05) is 0 Å². The van der Waals surface area contributed by atoms with E-state index in [0.29, 0.717) is 37.9 Å². The highest BCUT2D eigenvalue weighted by Crippen LogP contribution is 2.35. The Morgan fingerprint density at radius 1 is 1.26 bits per heavy atom. The Morgan fingerprint density at radius 3 is 2.74 bits per heavy atom.